The number of hydrogen-bond acceptors (Lipinski definition) is 4. The van der Waals surface area contributed by atoms with Crippen molar-refractivity contribution in [1.82, 2.24) is 9.97 Å². The number of nitrogens with one attached hydrogen (secondary N) is 1. The third-order valence-electron chi connectivity index (χ3n) is 3.42. The van der Waals surface area contributed by atoms with Crippen molar-refractivity contribution in [3.63, 3.8) is 0 Å². The van der Waals surface area contributed by atoms with E-state index in [1.54, 1.807) is 7.11 Å². The number of anilines is 1. The molecule has 4 nitrogen and oxygen atoms in total. The highest BCUT2D eigenvalue weighted by molar-refractivity contribution is 5.60. The maximum Gasteiger partial charge on any atom is 0.161 e. The fourth-order valence-electron chi connectivity index (χ4n) is 2.34. The Hall–Kier alpha value is -1.94. The number of rotatable bonds is 6. The van der Waals surface area contributed by atoms with Crippen LogP contribution in [-0.4, -0.2) is 23.6 Å². The second kappa shape index (κ2) is 7.18. The summed E-state index contributed by atoms with van der Waals surface area (Å²) in [6.07, 6.45) is 0.900. The summed E-state index contributed by atoms with van der Waals surface area (Å²) in [5.41, 5.74) is 4.38. The van der Waals surface area contributed by atoms with Crippen LogP contribution in [0.5, 0.6) is 0 Å². The molecule has 0 saturated heterocycles. The van der Waals surface area contributed by atoms with E-state index in [1.165, 1.54) is 0 Å². The van der Waals surface area contributed by atoms with Gasteiger partial charge in [0, 0.05) is 30.5 Å². The largest absolute Gasteiger partial charge is 0.380 e. The molecule has 1 heterocycles. The Bertz CT molecular complexity index is 611. The first-order valence-corrected chi connectivity index (χ1v) is 7.39. The molecule has 1 aromatic carbocycles. The van der Waals surface area contributed by atoms with Crippen LogP contribution in [0, 0.1) is 6.92 Å². The maximum atomic E-state index is 5.19. The van der Waals surface area contributed by atoms with Crippen molar-refractivity contribution >= 4 is 5.82 Å². The van der Waals surface area contributed by atoms with Crippen molar-refractivity contribution in [1.29, 1.82) is 0 Å². The topological polar surface area (TPSA) is 47.0 Å². The van der Waals surface area contributed by atoms with Crippen LogP contribution in [0.15, 0.2) is 24.3 Å². The van der Waals surface area contributed by atoms with E-state index in [4.69, 9.17) is 9.72 Å². The molecule has 4 heteroatoms. The van der Waals surface area contributed by atoms with E-state index in [-0.39, 0.29) is 0 Å². The van der Waals surface area contributed by atoms with Crippen LogP contribution in [0.3, 0.4) is 0 Å². The molecule has 0 bridgehead atoms. The fraction of sp³-hybridized carbons (Fsp3) is 0.412. The lowest BCUT2D eigenvalue weighted by atomic mass is 10.1. The highest BCUT2D eigenvalue weighted by Gasteiger charge is 2.11. The van der Waals surface area contributed by atoms with E-state index in [0.29, 0.717) is 6.61 Å². The van der Waals surface area contributed by atoms with Gasteiger partial charge >= 0.3 is 0 Å². The van der Waals surface area contributed by atoms with Gasteiger partial charge in [-0.05, 0) is 31.9 Å². The van der Waals surface area contributed by atoms with E-state index < -0.39 is 0 Å². The molecule has 1 N–H and O–H groups in total. The summed E-state index contributed by atoms with van der Waals surface area (Å²) in [7, 11) is 1.70. The average molecular weight is 285 g/mol. The van der Waals surface area contributed by atoms with Gasteiger partial charge in [-0.1, -0.05) is 25.1 Å². The number of nitrogens with zero attached hydrogens (tertiary/aromatic N) is 2. The lowest BCUT2D eigenvalue weighted by Gasteiger charge is -2.13. The normalized spacial score (nSPS) is 10.7. The van der Waals surface area contributed by atoms with Crippen LogP contribution in [-0.2, 0) is 17.8 Å². The van der Waals surface area contributed by atoms with Gasteiger partial charge in [-0.2, -0.15) is 0 Å². The van der Waals surface area contributed by atoms with Crippen molar-refractivity contribution in [2.45, 2.75) is 33.8 Å². The third-order valence-corrected chi connectivity index (χ3v) is 3.42. The van der Waals surface area contributed by atoms with Gasteiger partial charge in [0.2, 0.25) is 0 Å². The molecular formula is C17H23N3O. The molecule has 0 spiro atoms. The molecule has 1 aromatic heterocycles. The van der Waals surface area contributed by atoms with Crippen molar-refractivity contribution in [3.8, 4) is 11.4 Å². The molecule has 0 aliphatic carbocycles. The van der Waals surface area contributed by atoms with Crippen molar-refractivity contribution in [3.05, 3.63) is 41.1 Å². The second-order valence-electron chi connectivity index (χ2n) is 4.98. The van der Waals surface area contributed by atoms with Crippen molar-refractivity contribution < 1.29 is 4.74 Å². The summed E-state index contributed by atoms with van der Waals surface area (Å²) in [6.45, 7) is 7.72. The lowest BCUT2D eigenvalue weighted by Crippen LogP contribution is -2.07. The number of aromatic nitrogens is 2. The zero-order valence-electron chi connectivity index (χ0n) is 13.2. The molecule has 0 saturated carbocycles. The highest BCUT2D eigenvalue weighted by Crippen LogP contribution is 2.23. The van der Waals surface area contributed by atoms with Gasteiger partial charge in [0.1, 0.15) is 5.82 Å². The van der Waals surface area contributed by atoms with E-state index in [9.17, 15) is 0 Å². The molecule has 2 rings (SSSR count). The molecule has 0 aliphatic heterocycles. The summed E-state index contributed by atoms with van der Waals surface area (Å²) < 4.78 is 5.19. The number of hydrogen-bond donors (Lipinski definition) is 1. The summed E-state index contributed by atoms with van der Waals surface area (Å²) >= 11 is 0. The monoisotopic (exact) mass is 285 g/mol. The van der Waals surface area contributed by atoms with Crippen molar-refractivity contribution in [2.24, 2.45) is 0 Å². The first-order chi connectivity index (χ1) is 10.2. The molecule has 21 heavy (non-hydrogen) atoms. The average Bonchev–Trinajstić information content (AvgIpc) is 2.50. The minimum Gasteiger partial charge on any atom is -0.380 e. The van der Waals surface area contributed by atoms with E-state index in [1.807, 2.05) is 18.2 Å². The smallest absolute Gasteiger partial charge is 0.161 e. The zero-order chi connectivity index (χ0) is 15.2. The highest BCUT2D eigenvalue weighted by atomic mass is 16.5. The van der Waals surface area contributed by atoms with Crippen LogP contribution >= 0.6 is 0 Å². The summed E-state index contributed by atoms with van der Waals surface area (Å²) in [6, 6.07) is 8.20. The minimum absolute atomic E-state index is 0.598. The fourth-order valence-corrected chi connectivity index (χ4v) is 2.34. The van der Waals surface area contributed by atoms with Crippen molar-refractivity contribution in [2.75, 3.05) is 19.0 Å². The van der Waals surface area contributed by atoms with E-state index >= 15 is 0 Å². The van der Waals surface area contributed by atoms with Gasteiger partial charge < -0.3 is 10.1 Å². The third kappa shape index (κ3) is 3.58. The zero-order valence-corrected chi connectivity index (χ0v) is 13.2. The minimum atomic E-state index is 0.598. The Balaban J connectivity index is 2.47. The number of aryl methyl sites for hydroxylation is 1. The molecule has 0 amide bonds. The lowest BCUT2D eigenvalue weighted by molar-refractivity contribution is 0.185. The van der Waals surface area contributed by atoms with Gasteiger partial charge in [0.25, 0.3) is 0 Å². The van der Waals surface area contributed by atoms with Crippen LogP contribution in [0.4, 0.5) is 5.82 Å². The van der Waals surface area contributed by atoms with Crippen LogP contribution in [0.2, 0.25) is 0 Å². The Labute approximate surface area is 126 Å². The summed E-state index contributed by atoms with van der Waals surface area (Å²) in [4.78, 5) is 9.39. The first kappa shape index (κ1) is 15.4. The van der Waals surface area contributed by atoms with Crippen LogP contribution in [0.25, 0.3) is 11.4 Å². The molecular weight excluding hydrogens is 262 g/mol. The molecule has 0 radical (unpaired) electrons. The predicted molar refractivity (Wildman–Crippen MR) is 86.5 cm³/mol. The Morgan fingerprint density at radius 1 is 1.19 bits per heavy atom. The van der Waals surface area contributed by atoms with E-state index in [0.717, 1.165) is 47.0 Å². The van der Waals surface area contributed by atoms with Crippen LogP contribution in [0.1, 0.15) is 30.7 Å². The van der Waals surface area contributed by atoms with Gasteiger partial charge in [-0.3, -0.25) is 0 Å². The maximum absolute atomic E-state index is 5.19. The second-order valence-corrected chi connectivity index (χ2v) is 4.98. The molecule has 0 fully saturated rings. The molecule has 0 unspecified atom stereocenters. The Morgan fingerprint density at radius 2 is 2.00 bits per heavy atom. The molecule has 2 aromatic rings. The number of methoxy groups -OCH3 is 1. The first-order valence-electron chi connectivity index (χ1n) is 7.39. The molecule has 112 valence electrons. The molecule has 0 atom stereocenters. The number of ether oxygens (including phenoxy) is 1. The molecule has 0 aliphatic rings. The standard InChI is InChI=1S/C17H23N3O/c1-5-15-12(3)16(18-6-2)20-17(19-15)14-9-7-8-13(10-14)11-21-4/h7-10H,5-6,11H2,1-4H3,(H,18,19,20). The SMILES string of the molecule is CCNc1nc(-c2cccc(COC)c2)nc(CC)c1C. The van der Waals surface area contributed by atoms with Gasteiger partial charge in [-0.15, -0.1) is 0 Å². The summed E-state index contributed by atoms with van der Waals surface area (Å²) in [5, 5.41) is 3.32. The Kier molecular flexibility index (Phi) is 5.28. The quantitative estimate of drug-likeness (QED) is 0.881. The summed E-state index contributed by atoms with van der Waals surface area (Å²) in [5.74, 6) is 1.70. The predicted octanol–water partition coefficient (Wildman–Crippen LogP) is 3.59. The van der Waals surface area contributed by atoms with Gasteiger partial charge in [-0.25, -0.2) is 9.97 Å². The van der Waals surface area contributed by atoms with Gasteiger partial charge in [0.05, 0.1) is 6.61 Å². The van der Waals surface area contributed by atoms with Gasteiger partial charge in [0.15, 0.2) is 5.82 Å². The van der Waals surface area contributed by atoms with Crippen LogP contribution < -0.4 is 5.32 Å². The number of benzene rings is 1. The van der Waals surface area contributed by atoms with E-state index in [2.05, 4.69) is 37.1 Å². The Morgan fingerprint density at radius 3 is 2.67 bits per heavy atom.